The SMILES string of the molecule is CCCCCCCCCCCCCCN(CCCCCCCCCCCCCC)C(=O)NCCOCCOC. The Hall–Kier alpha value is -0.810. The summed E-state index contributed by atoms with van der Waals surface area (Å²) in [4.78, 5) is 14.9. The summed E-state index contributed by atoms with van der Waals surface area (Å²) in [5.74, 6) is 0. The van der Waals surface area contributed by atoms with Crippen LogP contribution in [0.2, 0.25) is 0 Å². The van der Waals surface area contributed by atoms with Crippen molar-refractivity contribution >= 4 is 6.03 Å². The van der Waals surface area contributed by atoms with Gasteiger partial charge in [0.15, 0.2) is 0 Å². The molecule has 5 heteroatoms. The van der Waals surface area contributed by atoms with Crippen LogP contribution in [0.25, 0.3) is 0 Å². The molecule has 0 spiro atoms. The molecule has 5 nitrogen and oxygen atoms in total. The maximum absolute atomic E-state index is 12.8. The number of carbonyl (C=O) groups excluding carboxylic acids is 1. The van der Waals surface area contributed by atoms with E-state index in [9.17, 15) is 4.79 Å². The Morgan fingerprint density at radius 2 is 0.872 bits per heavy atom. The van der Waals surface area contributed by atoms with E-state index in [4.69, 9.17) is 9.47 Å². The van der Waals surface area contributed by atoms with Crippen LogP contribution in [0, 0.1) is 0 Å². The van der Waals surface area contributed by atoms with Crippen molar-refractivity contribution in [3.8, 4) is 0 Å². The first-order valence-electron chi connectivity index (χ1n) is 17.4. The summed E-state index contributed by atoms with van der Waals surface area (Å²) in [5.41, 5.74) is 0. The van der Waals surface area contributed by atoms with Crippen LogP contribution in [-0.4, -0.2) is 57.5 Å². The predicted octanol–water partition coefficient (Wildman–Crippen LogP) is 10.1. The predicted molar refractivity (Wildman–Crippen MR) is 170 cm³/mol. The fourth-order valence-electron chi connectivity index (χ4n) is 5.19. The van der Waals surface area contributed by atoms with Gasteiger partial charge in [0.25, 0.3) is 0 Å². The highest BCUT2D eigenvalue weighted by Crippen LogP contribution is 2.14. The number of hydrogen-bond acceptors (Lipinski definition) is 3. The topological polar surface area (TPSA) is 50.8 Å². The van der Waals surface area contributed by atoms with Gasteiger partial charge in [-0.05, 0) is 12.8 Å². The average Bonchev–Trinajstić information content (AvgIpc) is 2.94. The van der Waals surface area contributed by atoms with Crippen molar-refractivity contribution in [1.82, 2.24) is 10.2 Å². The molecule has 0 fully saturated rings. The zero-order chi connectivity index (χ0) is 28.5. The van der Waals surface area contributed by atoms with Crippen molar-refractivity contribution < 1.29 is 14.3 Å². The van der Waals surface area contributed by atoms with Crippen molar-refractivity contribution in [3.05, 3.63) is 0 Å². The average molecular weight is 555 g/mol. The second kappa shape index (κ2) is 33.4. The number of rotatable bonds is 32. The Morgan fingerprint density at radius 1 is 0.513 bits per heavy atom. The lowest BCUT2D eigenvalue weighted by Crippen LogP contribution is -2.42. The van der Waals surface area contributed by atoms with Crippen LogP contribution in [0.15, 0.2) is 0 Å². The van der Waals surface area contributed by atoms with Crippen LogP contribution in [0.3, 0.4) is 0 Å². The second-order valence-corrected chi connectivity index (χ2v) is 11.6. The zero-order valence-corrected chi connectivity index (χ0v) is 26.9. The van der Waals surface area contributed by atoms with Crippen LogP contribution >= 0.6 is 0 Å². The van der Waals surface area contributed by atoms with Crippen LogP contribution in [0.4, 0.5) is 4.79 Å². The van der Waals surface area contributed by atoms with E-state index < -0.39 is 0 Å². The summed E-state index contributed by atoms with van der Waals surface area (Å²) in [5, 5.41) is 3.07. The van der Waals surface area contributed by atoms with Gasteiger partial charge in [-0.25, -0.2) is 4.79 Å². The third kappa shape index (κ3) is 30.0. The fourth-order valence-corrected chi connectivity index (χ4v) is 5.19. The molecule has 0 bridgehead atoms. The third-order valence-corrected chi connectivity index (χ3v) is 7.80. The molecular formula is C34H70N2O3. The second-order valence-electron chi connectivity index (χ2n) is 11.6. The third-order valence-electron chi connectivity index (χ3n) is 7.80. The number of urea groups is 1. The van der Waals surface area contributed by atoms with Gasteiger partial charge in [0.1, 0.15) is 0 Å². The lowest BCUT2D eigenvalue weighted by Gasteiger charge is -2.23. The quantitative estimate of drug-likeness (QED) is 0.0842. The van der Waals surface area contributed by atoms with Crippen molar-refractivity contribution in [2.45, 2.75) is 168 Å². The lowest BCUT2D eigenvalue weighted by molar-refractivity contribution is 0.0720. The van der Waals surface area contributed by atoms with Crippen LogP contribution in [0.1, 0.15) is 168 Å². The minimum absolute atomic E-state index is 0.0801. The number of ether oxygens (including phenoxy) is 2. The van der Waals surface area contributed by atoms with Gasteiger partial charge in [-0.1, -0.05) is 155 Å². The number of carbonyl (C=O) groups is 1. The molecule has 0 rings (SSSR count). The van der Waals surface area contributed by atoms with Crippen molar-refractivity contribution in [1.29, 1.82) is 0 Å². The van der Waals surface area contributed by atoms with E-state index in [1.165, 1.54) is 141 Å². The molecule has 0 aromatic heterocycles. The molecule has 2 amide bonds. The molecule has 0 atom stereocenters. The van der Waals surface area contributed by atoms with Crippen molar-refractivity contribution in [2.24, 2.45) is 0 Å². The Kier molecular flexibility index (Phi) is 32.7. The summed E-state index contributed by atoms with van der Waals surface area (Å²) in [7, 11) is 1.67. The molecule has 0 saturated carbocycles. The molecule has 0 aliphatic heterocycles. The molecule has 0 aliphatic carbocycles. The molecule has 0 unspecified atom stereocenters. The van der Waals surface area contributed by atoms with Gasteiger partial charge >= 0.3 is 6.03 Å². The smallest absolute Gasteiger partial charge is 0.317 e. The standard InChI is InChI=1S/C34H70N2O3/c1-4-6-8-10-12-14-16-18-20-22-24-26-29-36(34(37)35-28-31-39-33-32-38-3)30-27-25-23-21-19-17-15-13-11-9-7-5-2/h4-33H2,1-3H3,(H,35,37). The highest BCUT2D eigenvalue weighted by molar-refractivity contribution is 5.74. The number of hydrogen-bond donors (Lipinski definition) is 1. The van der Waals surface area contributed by atoms with Gasteiger partial charge in [0.2, 0.25) is 0 Å². The summed E-state index contributed by atoms with van der Waals surface area (Å²) in [6, 6.07) is 0.0801. The zero-order valence-electron chi connectivity index (χ0n) is 26.9. The lowest BCUT2D eigenvalue weighted by atomic mass is 10.0. The van der Waals surface area contributed by atoms with Gasteiger partial charge in [0.05, 0.1) is 19.8 Å². The molecule has 0 aliphatic rings. The molecule has 0 aromatic carbocycles. The molecule has 234 valence electrons. The van der Waals surface area contributed by atoms with E-state index in [2.05, 4.69) is 24.1 Å². The van der Waals surface area contributed by atoms with Gasteiger partial charge in [0, 0.05) is 26.7 Å². The maximum Gasteiger partial charge on any atom is 0.317 e. The largest absolute Gasteiger partial charge is 0.382 e. The highest BCUT2D eigenvalue weighted by atomic mass is 16.5. The van der Waals surface area contributed by atoms with Crippen LogP contribution in [-0.2, 0) is 9.47 Å². The molecule has 39 heavy (non-hydrogen) atoms. The first kappa shape index (κ1) is 38.2. The Morgan fingerprint density at radius 3 is 1.23 bits per heavy atom. The van der Waals surface area contributed by atoms with E-state index in [0.29, 0.717) is 26.4 Å². The number of methoxy groups -OCH3 is 1. The molecule has 0 saturated heterocycles. The van der Waals surface area contributed by atoms with E-state index in [1.807, 2.05) is 0 Å². The molecule has 1 N–H and O–H groups in total. The highest BCUT2D eigenvalue weighted by Gasteiger charge is 2.12. The Labute approximate surface area is 244 Å². The number of nitrogens with one attached hydrogen (secondary N) is 1. The summed E-state index contributed by atoms with van der Waals surface area (Å²) >= 11 is 0. The summed E-state index contributed by atoms with van der Waals surface area (Å²) in [6.07, 6.45) is 32.3. The summed E-state index contributed by atoms with van der Waals surface area (Å²) < 4.78 is 10.5. The van der Waals surface area contributed by atoms with E-state index in [1.54, 1.807) is 7.11 Å². The molecule has 0 heterocycles. The molecule has 0 radical (unpaired) electrons. The monoisotopic (exact) mass is 555 g/mol. The Balaban J connectivity index is 3.98. The minimum atomic E-state index is 0.0801. The first-order chi connectivity index (χ1) is 19.3. The normalized spacial score (nSPS) is 11.3. The van der Waals surface area contributed by atoms with Gasteiger partial charge < -0.3 is 19.7 Å². The minimum Gasteiger partial charge on any atom is -0.382 e. The van der Waals surface area contributed by atoms with E-state index >= 15 is 0 Å². The Bertz CT molecular complexity index is 447. The fraction of sp³-hybridized carbons (Fsp3) is 0.971. The number of nitrogens with zero attached hydrogens (tertiary/aromatic N) is 1. The summed E-state index contributed by atoms with van der Waals surface area (Å²) in [6.45, 7) is 8.61. The first-order valence-corrected chi connectivity index (χ1v) is 17.4. The van der Waals surface area contributed by atoms with Crippen molar-refractivity contribution in [3.63, 3.8) is 0 Å². The van der Waals surface area contributed by atoms with Crippen LogP contribution in [0.5, 0.6) is 0 Å². The van der Waals surface area contributed by atoms with E-state index in [-0.39, 0.29) is 6.03 Å². The van der Waals surface area contributed by atoms with Gasteiger partial charge in [-0.3, -0.25) is 0 Å². The van der Waals surface area contributed by atoms with Crippen LogP contribution < -0.4 is 5.32 Å². The number of unbranched alkanes of at least 4 members (excludes halogenated alkanes) is 22. The molecule has 0 aromatic rings. The van der Waals surface area contributed by atoms with Crippen molar-refractivity contribution in [2.75, 3.05) is 46.6 Å². The van der Waals surface area contributed by atoms with Gasteiger partial charge in [-0.15, -0.1) is 0 Å². The van der Waals surface area contributed by atoms with E-state index in [0.717, 1.165) is 25.9 Å². The molecular weight excluding hydrogens is 484 g/mol. The maximum atomic E-state index is 12.8. The number of amides is 2. The van der Waals surface area contributed by atoms with Gasteiger partial charge in [-0.2, -0.15) is 0 Å².